The Hall–Kier alpha value is -0.870. The molecule has 1 aliphatic heterocycles. The fraction of sp³-hybridized carbons (Fsp3) is 0.700. The molecule has 0 amide bonds. The lowest BCUT2D eigenvalue weighted by Gasteiger charge is -2.32. The van der Waals surface area contributed by atoms with Crippen LogP contribution in [0.25, 0.3) is 0 Å². The first-order chi connectivity index (χ1) is 6.47. The fourth-order valence-electron chi connectivity index (χ4n) is 3.11. The van der Waals surface area contributed by atoms with Gasteiger partial charge in [-0.15, -0.1) is 0 Å². The van der Waals surface area contributed by atoms with Crippen LogP contribution >= 0.6 is 0 Å². The molecule has 3 aliphatic rings. The molecule has 4 nitrogen and oxygen atoms in total. The van der Waals surface area contributed by atoms with E-state index in [1.54, 1.807) is 6.08 Å². The summed E-state index contributed by atoms with van der Waals surface area (Å²) in [6.45, 7) is 1.92. The first-order valence-electron chi connectivity index (χ1n) is 4.82. The molecule has 1 saturated carbocycles. The van der Waals surface area contributed by atoms with Crippen molar-refractivity contribution in [1.82, 2.24) is 0 Å². The first kappa shape index (κ1) is 8.44. The van der Waals surface area contributed by atoms with Gasteiger partial charge in [-0.1, -0.05) is 19.1 Å². The van der Waals surface area contributed by atoms with E-state index >= 15 is 0 Å². The standard InChI is InChI=1S/C10H12O4/c1-5-2-3-9(12)4-10(13)6(5)7(9)14-8(10)11/h2-3,5-7,12-13H,4H2,1H3/t5-,6-,7-,9+,10+/m1/s1. The first-order valence-corrected chi connectivity index (χ1v) is 4.82. The van der Waals surface area contributed by atoms with Crippen molar-refractivity contribution in [3.05, 3.63) is 12.2 Å². The lowest BCUT2D eigenvalue weighted by Crippen LogP contribution is -2.46. The molecule has 1 heterocycles. The zero-order valence-corrected chi connectivity index (χ0v) is 7.80. The minimum Gasteiger partial charge on any atom is -0.456 e. The van der Waals surface area contributed by atoms with E-state index in [1.807, 2.05) is 13.0 Å². The minimum absolute atomic E-state index is 0.0687. The van der Waals surface area contributed by atoms with Crippen molar-refractivity contribution in [2.24, 2.45) is 11.8 Å². The molecule has 0 spiro atoms. The van der Waals surface area contributed by atoms with Crippen molar-refractivity contribution < 1.29 is 19.7 Å². The van der Waals surface area contributed by atoms with Gasteiger partial charge < -0.3 is 14.9 Å². The van der Waals surface area contributed by atoms with Gasteiger partial charge in [0.05, 0.1) is 0 Å². The van der Waals surface area contributed by atoms with Crippen molar-refractivity contribution in [3.63, 3.8) is 0 Å². The summed E-state index contributed by atoms with van der Waals surface area (Å²) in [5.41, 5.74) is -2.61. The van der Waals surface area contributed by atoms with E-state index in [4.69, 9.17) is 4.74 Å². The Kier molecular flexibility index (Phi) is 1.23. The second-order valence-electron chi connectivity index (χ2n) is 4.66. The van der Waals surface area contributed by atoms with Crippen molar-refractivity contribution in [2.75, 3.05) is 0 Å². The number of aliphatic hydroxyl groups is 2. The summed E-state index contributed by atoms with van der Waals surface area (Å²) < 4.78 is 5.01. The van der Waals surface area contributed by atoms with Crippen LogP contribution in [0, 0.1) is 11.8 Å². The van der Waals surface area contributed by atoms with Crippen molar-refractivity contribution in [3.8, 4) is 0 Å². The van der Waals surface area contributed by atoms with E-state index in [9.17, 15) is 15.0 Å². The molecule has 2 aliphatic carbocycles. The Balaban J connectivity index is 2.16. The largest absolute Gasteiger partial charge is 0.456 e. The van der Waals surface area contributed by atoms with Crippen LogP contribution in [0.2, 0.25) is 0 Å². The SMILES string of the molecule is C[C@@H]1C=C[C@]2(O)C[C@@]3(O)C(=O)O[C@@H]2[C@@H]13. The quantitative estimate of drug-likeness (QED) is 0.408. The predicted molar refractivity (Wildman–Crippen MR) is 46.2 cm³/mol. The molecule has 3 rings (SSSR count). The van der Waals surface area contributed by atoms with Crippen molar-refractivity contribution >= 4 is 5.97 Å². The second-order valence-corrected chi connectivity index (χ2v) is 4.66. The van der Waals surface area contributed by atoms with Gasteiger partial charge in [-0.3, -0.25) is 0 Å². The minimum atomic E-state index is -1.47. The molecule has 0 aromatic heterocycles. The highest BCUT2D eigenvalue weighted by Gasteiger charge is 2.72. The molecule has 0 radical (unpaired) electrons. The van der Waals surface area contributed by atoms with Gasteiger partial charge in [0.25, 0.3) is 0 Å². The number of carbonyl (C=O) groups is 1. The zero-order valence-electron chi connectivity index (χ0n) is 7.80. The van der Waals surface area contributed by atoms with Crippen LogP contribution in [0.15, 0.2) is 12.2 Å². The van der Waals surface area contributed by atoms with E-state index in [1.165, 1.54) is 0 Å². The molecular formula is C10H12O4. The van der Waals surface area contributed by atoms with Crippen LogP contribution < -0.4 is 0 Å². The fourth-order valence-corrected chi connectivity index (χ4v) is 3.11. The van der Waals surface area contributed by atoms with Gasteiger partial charge in [0.2, 0.25) is 0 Å². The normalized spacial score (nSPS) is 59.1. The van der Waals surface area contributed by atoms with Gasteiger partial charge in [-0.25, -0.2) is 4.79 Å². The van der Waals surface area contributed by atoms with E-state index in [2.05, 4.69) is 0 Å². The molecule has 14 heavy (non-hydrogen) atoms. The summed E-state index contributed by atoms with van der Waals surface area (Å²) >= 11 is 0. The molecule has 4 bridgehead atoms. The highest BCUT2D eigenvalue weighted by Crippen LogP contribution is 2.56. The summed E-state index contributed by atoms with van der Waals surface area (Å²) in [5, 5.41) is 20.2. The maximum atomic E-state index is 11.4. The van der Waals surface area contributed by atoms with Gasteiger partial charge in [-0.05, 0) is 5.92 Å². The summed E-state index contributed by atoms with van der Waals surface area (Å²) in [6, 6.07) is 0. The Morgan fingerprint density at radius 3 is 2.93 bits per heavy atom. The van der Waals surface area contributed by atoms with Gasteiger partial charge in [0.1, 0.15) is 11.7 Å². The van der Waals surface area contributed by atoms with Gasteiger partial charge >= 0.3 is 5.97 Å². The summed E-state index contributed by atoms with van der Waals surface area (Å²) in [7, 11) is 0. The lowest BCUT2D eigenvalue weighted by molar-refractivity contribution is -0.174. The molecular weight excluding hydrogens is 184 g/mol. The third kappa shape index (κ3) is 0.675. The molecule has 0 aromatic rings. The lowest BCUT2D eigenvalue weighted by atomic mass is 9.80. The summed E-state index contributed by atoms with van der Waals surface area (Å²) in [5.74, 6) is -0.794. The summed E-state index contributed by atoms with van der Waals surface area (Å²) in [4.78, 5) is 11.4. The molecule has 2 N–H and O–H groups in total. The third-order valence-electron chi connectivity index (χ3n) is 3.77. The van der Waals surface area contributed by atoms with E-state index in [0.29, 0.717) is 0 Å². The zero-order chi connectivity index (χ0) is 10.1. The van der Waals surface area contributed by atoms with Crippen LogP contribution in [0.5, 0.6) is 0 Å². The Morgan fingerprint density at radius 1 is 1.57 bits per heavy atom. The number of ether oxygens (including phenoxy) is 1. The molecule has 76 valence electrons. The molecule has 2 fully saturated rings. The third-order valence-corrected chi connectivity index (χ3v) is 3.77. The van der Waals surface area contributed by atoms with E-state index in [-0.39, 0.29) is 18.3 Å². The second kappa shape index (κ2) is 2.04. The molecule has 0 aromatic carbocycles. The molecule has 0 unspecified atom stereocenters. The monoisotopic (exact) mass is 196 g/mol. The number of rotatable bonds is 0. The maximum absolute atomic E-state index is 11.4. The van der Waals surface area contributed by atoms with E-state index in [0.717, 1.165) is 0 Å². The van der Waals surface area contributed by atoms with Gasteiger partial charge in [0.15, 0.2) is 5.60 Å². The molecule has 5 atom stereocenters. The highest BCUT2D eigenvalue weighted by atomic mass is 16.6. The molecule has 4 heteroatoms. The number of carbonyl (C=O) groups excluding carboxylic acids is 1. The average Bonchev–Trinajstić information content (AvgIpc) is 2.42. The van der Waals surface area contributed by atoms with Gasteiger partial charge in [-0.2, -0.15) is 0 Å². The number of allylic oxidation sites excluding steroid dienone is 1. The summed E-state index contributed by atoms with van der Waals surface area (Å²) in [6.07, 6.45) is 3.03. The van der Waals surface area contributed by atoms with Crippen LogP contribution in [0.4, 0.5) is 0 Å². The Morgan fingerprint density at radius 2 is 2.29 bits per heavy atom. The van der Waals surface area contributed by atoms with Crippen LogP contribution in [0.3, 0.4) is 0 Å². The van der Waals surface area contributed by atoms with E-state index < -0.39 is 23.3 Å². The van der Waals surface area contributed by atoms with Crippen LogP contribution in [-0.4, -0.2) is 33.5 Å². The average molecular weight is 196 g/mol. The van der Waals surface area contributed by atoms with Crippen LogP contribution in [-0.2, 0) is 9.53 Å². The number of hydrogen-bond donors (Lipinski definition) is 2. The van der Waals surface area contributed by atoms with Crippen LogP contribution in [0.1, 0.15) is 13.3 Å². The highest BCUT2D eigenvalue weighted by molar-refractivity contribution is 5.85. The smallest absolute Gasteiger partial charge is 0.339 e. The predicted octanol–water partition coefficient (Wildman–Crippen LogP) is -0.400. The molecule has 1 saturated heterocycles. The topological polar surface area (TPSA) is 66.8 Å². The Bertz CT molecular complexity index is 350. The number of esters is 1. The van der Waals surface area contributed by atoms with Gasteiger partial charge in [0, 0.05) is 12.3 Å². The Labute approximate surface area is 81.2 Å². The van der Waals surface area contributed by atoms with Crippen molar-refractivity contribution in [1.29, 1.82) is 0 Å². The number of hydrogen-bond acceptors (Lipinski definition) is 4. The maximum Gasteiger partial charge on any atom is 0.339 e. The van der Waals surface area contributed by atoms with Crippen molar-refractivity contribution in [2.45, 2.75) is 30.7 Å².